The molecule has 2 rings (SSSR count). The molecule has 1 aliphatic heterocycles. The minimum Gasteiger partial charge on any atom is -0.350 e. The zero-order chi connectivity index (χ0) is 11.4. The number of aromatic nitrogens is 2. The van der Waals surface area contributed by atoms with Crippen molar-refractivity contribution < 1.29 is 0 Å². The van der Waals surface area contributed by atoms with E-state index in [1.165, 1.54) is 18.4 Å². The molecule has 2 N–H and O–H groups in total. The Labute approximate surface area is 96.9 Å². The minimum atomic E-state index is 0.471. The number of nitrogens with zero attached hydrogens (tertiary/aromatic N) is 2. The van der Waals surface area contributed by atoms with E-state index in [0.717, 1.165) is 19.0 Å². The molecular formula is C12H20N4. The highest BCUT2D eigenvalue weighted by molar-refractivity contribution is 5.27. The van der Waals surface area contributed by atoms with Gasteiger partial charge in [0.2, 0.25) is 5.95 Å². The summed E-state index contributed by atoms with van der Waals surface area (Å²) in [6.45, 7) is 6.44. The summed E-state index contributed by atoms with van der Waals surface area (Å²) in [5.74, 6) is 1.24. The molecular weight excluding hydrogens is 200 g/mol. The van der Waals surface area contributed by atoms with Gasteiger partial charge in [0, 0.05) is 25.0 Å². The van der Waals surface area contributed by atoms with E-state index in [-0.39, 0.29) is 0 Å². The predicted octanol–water partition coefficient (Wildman–Crippen LogP) is 1.76. The van der Waals surface area contributed by atoms with E-state index in [1.807, 2.05) is 12.4 Å². The van der Waals surface area contributed by atoms with E-state index in [4.69, 9.17) is 0 Å². The Kier molecular flexibility index (Phi) is 3.72. The maximum Gasteiger partial charge on any atom is 0.222 e. The van der Waals surface area contributed by atoms with Gasteiger partial charge in [-0.1, -0.05) is 13.8 Å². The summed E-state index contributed by atoms with van der Waals surface area (Å²) >= 11 is 0. The van der Waals surface area contributed by atoms with Crippen molar-refractivity contribution in [2.24, 2.45) is 0 Å². The normalized spacial score (nSPS) is 21.1. The molecule has 1 aromatic heterocycles. The maximum absolute atomic E-state index is 4.34. The third-order valence-electron chi connectivity index (χ3n) is 2.97. The van der Waals surface area contributed by atoms with E-state index in [9.17, 15) is 0 Å². The monoisotopic (exact) mass is 220 g/mol. The summed E-state index contributed by atoms with van der Waals surface area (Å²) in [7, 11) is 0. The smallest absolute Gasteiger partial charge is 0.222 e. The van der Waals surface area contributed by atoms with E-state index >= 15 is 0 Å². The van der Waals surface area contributed by atoms with E-state index in [1.54, 1.807) is 0 Å². The summed E-state index contributed by atoms with van der Waals surface area (Å²) in [5, 5.41) is 6.73. The fourth-order valence-corrected chi connectivity index (χ4v) is 1.87. The summed E-state index contributed by atoms with van der Waals surface area (Å²) < 4.78 is 0. The molecule has 1 atom stereocenters. The van der Waals surface area contributed by atoms with E-state index in [2.05, 4.69) is 34.4 Å². The second-order valence-corrected chi connectivity index (χ2v) is 4.68. The second kappa shape index (κ2) is 5.25. The number of hydrogen-bond acceptors (Lipinski definition) is 4. The summed E-state index contributed by atoms with van der Waals surface area (Å²) in [4.78, 5) is 8.69. The van der Waals surface area contributed by atoms with Gasteiger partial charge in [0.1, 0.15) is 0 Å². The van der Waals surface area contributed by atoms with E-state index < -0.39 is 0 Å². The quantitative estimate of drug-likeness (QED) is 0.815. The van der Waals surface area contributed by atoms with Gasteiger partial charge < -0.3 is 10.6 Å². The largest absolute Gasteiger partial charge is 0.350 e. The van der Waals surface area contributed by atoms with Gasteiger partial charge >= 0.3 is 0 Å². The Bertz CT molecular complexity index is 314. The first-order chi connectivity index (χ1) is 7.75. The zero-order valence-electron chi connectivity index (χ0n) is 10.0. The molecule has 4 nitrogen and oxygen atoms in total. The average molecular weight is 220 g/mol. The van der Waals surface area contributed by atoms with Crippen molar-refractivity contribution in [3.05, 3.63) is 18.0 Å². The van der Waals surface area contributed by atoms with Gasteiger partial charge in [-0.05, 0) is 30.9 Å². The van der Waals surface area contributed by atoms with Gasteiger partial charge in [-0.25, -0.2) is 9.97 Å². The topological polar surface area (TPSA) is 49.8 Å². The molecule has 0 bridgehead atoms. The third-order valence-corrected chi connectivity index (χ3v) is 2.97. The summed E-state index contributed by atoms with van der Waals surface area (Å²) in [6, 6.07) is 0.471. The van der Waals surface area contributed by atoms with Gasteiger partial charge in [-0.3, -0.25) is 0 Å². The van der Waals surface area contributed by atoms with Crippen LogP contribution in [0.3, 0.4) is 0 Å². The first-order valence-electron chi connectivity index (χ1n) is 6.05. The van der Waals surface area contributed by atoms with Crippen LogP contribution in [0.4, 0.5) is 5.95 Å². The van der Waals surface area contributed by atoms with Crippen LogP contribution in [-0.2, 0) is 0 Å². The van der Waals surface area contributed by atoms with Crippen molar-refractivity contribution in [1.82, 2.24) is 15.3 Å². The molecule has 1 aromatic rings. The first-order valence-corrected chi connectivity index (χ1v) is 6.05. The molecule has 1 fully saturated rings. The fraction of sp³-hybridized carbons (Fsp3) is 0.667. The minimum absolute atomic E-state index is 0.471. The van der Waals surface area contributed by atoms with Crippen LogP contribution in [0.15, 0.2) is 12.4 Å². The predicted molar refractivity (Wildman–Crippen MR) is 65.6 cm³/mol. The lowest BCUT2D eigenvalue weighted by Crippen LogP contribution is -2.38. The SMILES string of the molecule is CC(C)c1cnc(NC2CCCNC2)nc1. The van der Waals surface area contributed by atoms with E-state index in [0.29, 0.717) is 12.0 Å². The van der Waals surface area contributed by atoms with Crippen molar-refractivity contribution >= 4 is 5.95 Å². The molecule has 0 aromatic carbocycles. The average Bonchev–Trinajstić information content (AvgIpc) is 2.31. The molecule has 4 heteroatoms. The Morgan fingerprint density at radius 3 is 2.69 bits per heavy atom. The summed E-state index contributed by atoms with van der Waals surface area (Å²) in [5.41, 5.74) is 1.19. The number of hydrogen-bond donors (Lipinski definition) is 2. The van der Waals surface area contributed by atoms with Crippen LogP contribution in [0, 0.1) is 0 Å². The van der Waals surface area contributed by atoms with Crippen LogP contribution < -0.4 is 10.6 Å². The molecule has 1 unspecified atom stereocenters. The van der Waals surface area contributed by atoms with Crippen molar-refractivity contribution in [1.29, 1.82) is 0 Å². The molecule has 0 saturated carbocycles. The highest BCUT2D eigenvalue weighted by Gasteiger charge is 2.13. The van der Waals surface area contributed by atoms with Gasteiger partial charge in [-0.15, -0.1) is 0 Å². The van der Waals surface area contributed by atoms with Crippen molar-refractivity contribution in [3.63, 3.8) is 0 Å². The lowest BCUT2D eigenvalue weighted by molar-refractivity contribution is 0.478. The molecule has 88 valence electrons. The Balaban J connectivity index is 1.93. The number of nitrogens with one attached hydrogen (secondary N) is 2. The van der Waals surface area contributed by atoms with Crippen LogP contribution in [0.2, 0.25) is 0 Å². The molecule has 0 amide bonds. The van der Waals surface area contributed by atoms with Crippen LogP contribution >= 0.6 is 0 Å². The van der Waals surface area contributed by atoms with Gasteiger partial charge in [-0.2, -0.15) is 0 Å². The maximum atomic E-state index is 4.34. The van der Waals surface area contributed by atoms with Crippen molar-refractivity contribution in [2.45, 2.75) is 38.6 Å². The highest BCUT2D eigenvalue weighted by Crippen LogP contribution is 2.13. The van der Waals surface area contributed by atoms with Crippen LogP contribution in [0.1, 0.15) is 38.2 Å². The molecule has 0 aliphatic carbocycles. The molecule has 1 aliphatic rings. The Morgan fingerprint density at radius 1 is 1.38 bits per heavy atom. The molecule has 2 heterocycles. The Hall–Kier alpha value is -1.16. The van der Waals surface area contributed by atoms with Gasteiger partial charge in [0.05, 0.1) is 0 Å². The first kappa shape index (κ1) is 11.3. The molecule has 1 saturated heterocycles. The second-order valence-electron chi connectivity index (χ2n) is 4.68. The van der Waals surface area contributed by atoms with Gasteiger partial charge in [0.25, 0.3) is 0 Å². The third kappa shape index (κ3) is 2.92. The zero-order valence-corrected chi connectivity index (χ0v) is 10.0. The number of rotatable bonds is 3. The molecule has 16 heavy (non-hydrogen) atoms. The molecule has 0 spiro atoms. The fourth-order valence-electron chi connectivity index (χ4n) is 1.87. The standard InChI is InChI=1S/C12H20N4/c1-9(2)10-6-14-12(15-7-10)16-11-4-3-5-13-8-11/h6-7,9,11,13H,3-5,8H2,1-2H3,(H,14,15,16). The van der Waals surface area contributed by atoms with Crippen molar-refractivity contribution in [3.8, 4) is 0 Å². The molecule has 0 radical (unpaired) electrons. The van der Waals surface area contributed by atoms with Crippen molar-refractivity contribution in [2.75, 3.05) is 18.4 Å². The highest BCUT2D eigenvalue weighted by atomic mass is 15.1. The van der Waals surface area contributed by atoms with Crippen LogP contribution in [0.5, 0.6) is 0 Å². The van der Waals surface area contributed by atoms with Gasteiger partial charge in [0.15, 0.2) is 0 Å². The number of anilines is 1. The van der Waals surface area contributed by atoms with Crippen LogP contribution in [0.25, 0.3) is 0 Å². The lowest BCUT2D eigenvalue weighted by Gasteiger charge is -2.23. The Morgan fingerprint density at radius 2 is 2.12 bits per heavy atom. The number of piperidine rings is 1. The van der Waals surface area contributed by atoms with Crippen LogP contribution in [-0.4, -0.2) is 29.1 Å². The lowest BCUT2D eigenvalue weighted by atomic mass is 10.1. The summed E-state index contributed by atoms with van der Waals surface area (Å²) in [6.07, 6.45) is 6.25.